The van der Waals surface area contributed by atoms with E-state index >= 15 is 0 Å². The largest absolute Gasteiger partial charge is 0.416 e. The lowest BCUT2D eigenvalue weighted by molar-refractivity contribution is -0.137. The Hall–Kier alpha value is -3.58. The maximum atomic E-state index is 13.2. The van der Waals surface area contributed by atoms with Crippen molar-refractivity contribution in [2.45, 2.75) is 24.0 Å². The standard InChI is InChI=1S/C25H24F3N5O3S2/c1-17(33-10-8-18-2-3-19(16-22(18)33)25(26,27)28)23(34)32-13-11-31(12-14-32)20-4-6-21(7-5-20)38(35,36)30-24-29-9-15-37-24/h2-10,15-17H,11-14H2,1H3,(H,29,30)/t17-/m1/s1. The molecular weight excluding hydrogens is 539 g/mol. The molecule has 38 heavy (non-hydrogen) atoms. The van der Waals surface area contributed by atoms with Gasteiger partial charge >= 0.3 is 6.18 Å². The van der Waals surface area contributed by atoms with E-state index in [1.807, 2.05) is 0 Å². The predicted octanol–water partition coefficient (Wildman–Crippen LogP) is 4.83. The van der Waals surface area contributed by atoms with Crippen molar-refractivity contribution in [2.75, 3.05) is 35.8 Å². The number of halogens is 3. The van der Waals surface area contributed by atoms with Gasteiger partial charge in [0.15, 0.2) is 5.13 Å². The van der Waals surface area contributed by atoms with Crippen LogP contribution in [0.1, 0.15) is 18.5 Å². The summed E-state index contributed by atoms with van der Waals surface area (Å²) in [5, 5.41) is 2.60. The van der Waals surface area contributed by atoms with Crippen LogP contribution in [0.2, 0.25) is 0 Å². The van der Waals surface area contributed by atoms with Crippen LogP contribution >= 0.6 is 11.3 Å². The number of alkyl halides is 3. The fraction of sp³-hybridized carbons (Fsp3) is 0.280. The molecule has 13 heteroatoms. The number of carbonyl (C=O) groups excluding carboxylic acids is 1. The third-order valence-corrected chi connectivity index (χ3v) is 8.76. The number of rotatable bonds is 6. The molecule has 3 heterocycles. The predicted molar refractivity (Wildman–Crippen MR) is 140 cm³/mol. The number of carbonyl (C=O) groups is 1. The van der Waals surface area contributed by atoms with Gasteiger partial charge in [0.25, 0.3) is 10.0 Å². The van der Waals surface area contributed by atoms with Crippen LogP contribution in [0.3, 0.4) is 0 Å². The molecule has 1 atom stereocenters. The zero-order chi connectivity index (χ0) is 27.1. The highest BCUT2D eigenvalue weighted by atomic mass is 32.2. The molecule has 2 aromatic carbocycles. The highest BCUT2D eigenvalue weighted by Crippen LogP contribution is 2.33. The minimum atomic E-state index is -4.47. The van der Waals surface area contributed by atoms with Crippen LogP contribution in [-0.2, 0) is 21.0 Å². The number of sulfonamides is 1. The number of nitrogens with one attached hydrogen (secondary N) is 1. The molecule has 5 rings (SSSR count). The topological polar surface area (TPSA) is 87.5 Å². The summed E-state index contributed by atoms with van der Waals surface area (Å²) in [5.41, 5.74) is 0.434. The molecule has 0 unspecified atom stereocenters. The van der Waals surface area contributed by atoms with E-state index in [1.54, 1.807) is 46.2 Å². The quantitative estimate of drug-likeness (QED) is 0.363. The van der Waals surface area contributed by atoms with Gasteiger partial charge in [-0.2, -0.15) is 13.2 Å². The Bertz CT molecular complexity index is 1540. The zero-order valence-electron chi connectivity index (χ0n) is 20.2. The van der Waals surface area contributed by atoms with Crippen LogP contribution in [0.4, 0.5) is 24.0 Å². The Labute approximate surface area is 221 Å². The molecule has 1 fully saturated rings. The van der Waals surface area contributed by atoms with Gasteiger partial charge in [-0.15, -0.1) is 11.3 Å². The van der Waals surface area contributed by atoms with Crippen molar-refractivity contribution in [3.05, 3.63) is 71.9 Å². The number of hydrogen-bond donors (Lipinski definition) is 1. The minimum absolute atomic E-state index is 0.117. The molecule has 1 saturated heterocycles. The van der Waals surface area contributed by atoms with Gasteiger partial charge in [0.1, 0.15) is 6.04 Å². The molecule has 0 bridgehead atoms. The van der Waals surface area contributed by atoms with Crippen molar-refractivity contribution in [1.82, 2.24) is 14.5 Å². The van der Waals surface area contributed by atoms with Crippen LogP contribution in [0.5, 0.6) is 0 Å². The summed E-state index contributed by atoms with van der Waals surface area (Å²) in [6.45, 7) is 3.62. The third-order valence-electron chi connectivity index (χ3n) is 6.58. The van der Waals surface area contributed by atoms with Gasteiger partial charge in [0.05, 0.1) is 10.5 Å². The van der Waals surface area contributed by atoms with E-state index in [0.717, 1.165) is 17.8 Å². The minimum Gasteiger partial charge on any atom is -0.368 e. The summed E-state index contributed by atoms with van der Waals surface area (Å²) in [5.74, 6) is -0.172. The number of anilines is 2. The lowest BCUT2D eigenvalue weighted by Gasteiger charge is -2.37. The highest BCUT2D eigenvalue weighted by molar-refractivity contribution is 7.93. The second kappa shape index (κ2) is 9.95. The fourth-order valence-corrected chi connectivity index (χ4v) is 6.30. The smallest absolute Gasteiger partial charge is 0.368 e. The summed E-state index contributed by atoms with van der Waals surface area (Å²) >= 11 is 1.19. The molecule has 1 aliphatic rings. The number of hydrogen-bond acceptors (Lipinski definition) is 6. The van der Waals surface area contributed by atoms with Crippen molar-refractivity contribution in [2.24, 2.45) is 0 Å². The van der Waals surface area contributed by atoms with Gasteiger partial charge in [-0.25, -0.2) is 13.4 Å². The van der Waals surface area contributed by atoms with Gasteiger partial charge in [-0.05, 0) is 54.8 Å². The Morgan fingerprint density at radius 1 is 1.05 bits per heavy atom. The summed E-state index contributed by atoms with van der Waals surface area (Å²) < 4.78 is 68.8. The van der Waals surface area contributed by atoms with E-state index in [2.05, 4.69) is 14.6 Å². The molecule has 0 spiro atoms. The van der Waals surface area contributed by atoms with Crippen molar-refractivity contribution >= 4 is 49.0 Å². The maximum absolute atomic E-state index is 13.2. The first-order valence-corrected chi connectivity index (χ1v) is 14.1. The van der Waals surface area contributed by atoms with Crippen LogP contribution in [0.25, 0.3) is 10.9 Å². The molecule has 0 radical (unpaired) electrons. The Morgan fingerprint density at radius 3 is 2.39 bits per heavy atom. The van der Waals surface area contributed by atoms with E-state index < -0.39 is 27.8 Å². The van der Waals surface area contributed by atoms with Crippen molar-refractivity contribution in [3.8, 4) is 0 Å². The molecule has 0 saturated carbocycles. The Morgan fingerprint density at radius 2 is 1.76 bits per heavy atom. The number of piperazine rings is 1. The van der Waals surface area contributed by atoms with Gasteiger partial charge in [-0.1, -0.05) is 6.07 Å². The average molecular weight is 564 g/mol. The Kier molecular flexibility index (Phi) is 6.82. The molecule has 200 valence electrons. The number of thiazole rings is 1. The number of benzene rings is 2. The number of amides is 1. The van der Waals surface area contributed by atoms with E-state index in [-0.39, 0.29) is 15.9 Å². The van der Waals surface area contributed by atoms with E-state index in [9.17, 15) is 26.4 Å². The second-order valence-corrected chi connectivity index (χ2v) is 11.5. The van der Waals surface area contributed by atoms with Crippen molar-refractivity contribution < 1.29 is 26.4 Å². The van der Waals surface area contributed by atoms with Crippen molar-refractivity contribution in [1.29, 1.82) is 0 Å². The van der Waals surface area contributed by atoms with Gasteiger partial charge in [0, 0.05) is 55.2 Å². The fourth-order valence-electron chi connectivity index (χ4n) is 4.52. The first-order valence-electron chi connectivity index (χ1n) is 11.8. The normalized spacial score (nSPS) is 15.6. The number of fused-ring (bicyclic) bond motifs is 1. The van der Waals surface area contributed by atoms with Gasteiger partial charge < -0.3 is 14.4 Å². The highest BCUT2D eigenvalue weighted by Gasteiger charge is 2.32. The first kappa shape index (κ1) is 26.0. The monoisotopic (exact) mass is 563 g/mol. The zero-order valence-corrected chi connectivity index (χ0v) is 21.9. The second-order valence-electron chi connectivity index (χ2n) is 8.92. The first-order chi connectivity index (χ1) is 18.0. The van der Waals surface area contributed by atoms with Gasteiger partial charge in [0.2, 0.25) is 5.91 Å². The lowest BCUT2D eigenvalue weighted by atomic mass is 10.1. The summed E-state index contributed by atoms with van der Waals surface area (Å²) in [4.78, 5) is 21.1. The van der Waals surface area contributed by atoms with Crippen molar-refractivity contribution in [3.63, 3.8) is 0 Å². The molecule has 0 aliphatic carbocycles. The van der Waals surface area contributed by atoms with Crippen LogP contribution in [-0.4, -0.2) is 55.0 Å². The SMILES string of the molecule is C[C@H](C(=O)N1CCN(c2ccc(S(=O)(=O)Nc3nccs3)cc2)CC1)n1ccc2ccc(C(F)(F)F)cc21. The van der Waals surface area contributed by atoms with Crippen LogP contribution in [0, 0.1) is 0 Å². The van der Waals surface area contributed by atoms with Gasteiger partial charge in [-0.3, -0.25) is 9.52 Å². The average Bonchev–Trinajstić information content (AvgIpc) is 3.56. The Balaban J connectivity index is 1.23. The van der Waals surface area contributed by atoms with E-state index in [0.29, 0.717) is 37.1 Å². The summed E-state index contributed by atoms with van der Waals surface area (Å²) in [7, 11) is -3.75. The molecule has 1 amide bonds. The maximum Gasteiger partial charge on any atom is 0.416 e. The molecule has 2 aromatic heterocycles. The molecular formula is C25H24F3N5O3S2. The molecule has 4 aromatic rings. The lowest BCUT2D eigenvalue weighted by Crippen LogP contribution is -2.50. The number of nitrogens with zero attached hydrogens (tertiary/aromatic N) is 4. The number of aromatic nitrogens is 2. The molecule has 1 N–H and O–H groups in total. The van der Waals surface area contributed by atoms with Crippen LogP contribution in [0.15, 0.2) is 71.2 Å². The summed E-state index contributed by atoms with van der Waals surface area (Å²) in [6, 6.07) is 11.1. The summed E-state index contributed by atoms with van der Waals surface area (Å²) in [6.07, 6.45) is -1.31. The third kappa shape index (κ3) is 5.20. The van der Waals surface area contributed by atoms with E-state index in [4.69, 9.17) is 0 Å². The van der Waals surface area contributed by atoms with Crippen LogP contribution < -0.4 is 9.62 Å². The molecule has 8 nitrogen and oxygen atoms in total. The molecule has 1 aliphatic heterocycles. The van der Waals surface area contributed by atoms with E-state index in [1.165, 1.54) is 35.7 Å².